The van der Waals surface area contributed by atoms with E-state index in [1.165, 1.54) is 31.1 Å². The topological polar surface area (TPSA) is 67.4 Å². The number of fused-ring (bicyclic) bond motifs is 1. The van der Waals surface area contributed by atoms with Crippen LogP contribution in [0.15, 0.2) is 42.5 Å². The summed E-state index contributed by atoms with van der Waals surface area (Å²) in [6.07, 6.45) is 4.54. The second-order valence-electron chi connectivity index (χ2n) is 6.21. The number of methoxy groups -OCH3 is 1. The average Bonchev–Trinajstić information content (AvgIpc) is 2.61. The Morgan fingerprint density at radius 3 is 2.44 bits per heavy atom. The molecule has 0 atom stereocenters. The number of ether oxygens (including phenoxy) is 1. The summed E-state index contributed by atoms with van der Waals surface area (Å²) in [4.78, 5) is 24.1. The maximum Gasteiger partial charge on any atom is 0.255 e. The molecule has 0 aromatic heterocycles. The van der Waals surface area contributed by atoms with Crippen molar-refractivity contribution in [2.75, 3.05) is 24.4 Å². The molecular weight excluding hydrogens is 316 g/mol. The fraction of sp³-hybridized carbons (Fsp3) is 0.300. The molecule has 3 rings (SSSR count). The fourth-order valence-electron chi connectivity index (χ4n) is 3.08. The van der Waals surface area contributed by atoms with Gasteiger partial charge in [0.25, 0.3) is 5.91 Å². The first-order valence-electron chi connectivity index (χ1n) is 8.48. The van der Waals surface area contributed by atoms with Crippen molar-refractivity contribution in [3.8, 4) is 0 Å². The summed E-state index contributed by atoms with van der Waals surface area (Å²) in [5, 5.41) is 5.61. The average molecular weight is 338 g/mol. The van der Waals surface area contributed by atoms with Crippen molar-refractivity contribution < 1.29 is 14.3 Å². The highest BCUT2D eigenvalue weighted by Crippen LogP contribution is 2.23. The van der Waals surface area contributed by atoms with E-state index in [1.807, 2.05) is 12.1 Å². The van der Waals surface area contributed by atoms with Crippen LogP contribution in [0, 0.1) is 0 Å². The summed E-state index contributed by atoms with van der Waals surface area (Å²) in [7, 11) is 1.47. The molecule has 5 heteroatoms. The largest absolute Gasteiger partial charge is 0.375 e. The number of hydrogen-bond acceptors (Lipinski definition) is 3. The van der Waals surface area contributed by atoms with Crippen molar-refractivity contribution in [1.29, 1.82) is 0 Å². The maximum atomic E-state index is 12.5. The third-order valence-corrected chi connectivity index (χ3v) is 4.29. The van der Waals surface area contributed by atoms with Crippen molar-refractivity contribution in [2.45, 2.75) is 25.7 Å². The molecule has 1 aliphatic carbocycles. The van der Waals surface area contributed by atoms with Crippen molar-refractivity contribution in [1.82, 2.24) is 0 Å². The van der Waals surface area contributed by atoms with Crippen molar-refractivity contribution in [2.24, 2.45) is 0 Å². The first kappa shape index (κ1) is 17.2. The molecule has 0 saturated heterocycles. The lowest BCUT2D eigenvalue weighted by Gasteiger charge is -2.16. The van der Waals surface area contributed by atoms with Crippen LogP contribution in [0.3, 0.4) is 0 Å². The van der Waals surface area contributed by atoms with E-state index < -0.39 is 0 Å². The molecule has 0 aliphatic heterocycles. The summed E-state index contributed by atoms with van der Waals surface area (Å²) in [6, 6.07) is 13.0. The van der Waals surface area contributed by atoms with Crippen LogP contribution in [0.1, 0.15) is 34.3 Å². The molecule has 0 spiro atoms. The summed E-state index contributed by atoms with van der Waals surface area (Å²) < 4.78 is 4.79. The van der Waals surface area contributed by atoms with Gasteiger partial charge in [0, 0.05) is 24.0 Å². The van der Waals surface area contributed by atoms with Crippen LogP contribution in [-0.4, -0.2) is 25.5 Å². The van der Waals surface area contributed by atoms with E-state index in [0.717, 1.165) is 12.8 Å². The van der Waals surface area contributed by atoms with Gasteiger partial charge in [0.05, 0.1) is 0 Å². The summed E-state index contributed by atoms with van der Waals surface area (Å²) in [5.41, 5.74) is 4.54. The molecule has 130 valence electrons. The first-order valence-corrected chi connectivity index (χ1v) is 8.48. The van der Waals surface area contributed by atoms with Gasteiger partial charge in [-0.05, 0) is 67.1 Å². The van der Waals surface area contributed by atoms with Crippen LogP contribution < -0.4 is 10.6 Å². The Kier molecular flexibility index (Phi) is 5.46. The number of rotatable bonds is 5. The second-order valence-corrected chi connectivity index (χ2v) is 6.21. The molecule has 5 nitrogen and oxygen atoms in total. The molecule has 2 N–H and O–H groups in total. The quantitative estimate of drug-likeness (QED) is 0.878. The zero-order valence-corrected chi connectivity index (χ0v) is 14.3. The predicted octanol–water partition coefficient (Wildman–Crippen LogP) is 3.40. The molecular formula is C20H22N2O3. The summed E-state index contributed by atoms with van der Waals surface area (Å²) >= 11 is 0. The Labute approximate surface area is 147 Å². The van der Waals surface area contributed by atoms with Crippen molar-refractivity contribution in [3.63, 3.8) is 0 Å². The van der Waals surface area contributed by atoms with Crippen LogP contribution in [0.5, 0.6) is 0 Å². The maximum absolute atomic E-state index is 12.5. The SMILES string of the molecule is COCC(=O)Nc1cccc(NC(=O)c2ccc3c(c2)CCCC3)c1. The number of anilines is 2. The highest BCUT2D eigenvalue weighted by molar-refractivity contribution is 6.05. The van der Waals surface area contributed by atoms with Crippen LogP contribution in [0.2, 0.25) is 0 Å². The zero-order valence-electron chi connectivity index (χ0n) is 14.3. The summed E-state index contributed by atoms with van der Waals surface area (Å²) in [5.74, 6) is -0.380. The summed E-state index contributed by atoms with van der Waals surface area (Å²) in [6.45, 7) is -0.00822. The number of amides is 2. The van der Waals surface area contributed by atoms with E-state index >= 15 is 0 Å². The molecule has 2 amide bonds. The van der Waals surface area contributed by atoms with Gasteiger partial charge in [-0.1, -0.05) is 12.1 Å². The lowest BCUT2D eigenvalue weighted by molar-refractivity contribution is -0.119. The van der Waals surface area contributed by atoms with Gasteiger partial charge in [0.2, 0.25) is 5.91 Å². The molecule has 0 heterocycles. The van der Waals surface area contributed by atoms with E-state index in [1.54, 1.807) is 24.3 Å². The minimum absolute atomic E-state index is 0.00822. The molecule has 2 aromatic rings. The Bertz CT molecular complexity index is 786. The normalized spacial score (nSPS) is 13.0. The second kappa shape index (κ2) is 7.94. The van der Waals surface area contributed by atoms with E-state index in [0.29, 0.717) is 16.9 Å². The molecule has 2 aromatic carbocycles. The minimum atomic E-state index is -0.235. The number of nitrogens with one attached hydrogen (secondary N) is 2. The molecule has 0 bridgehead atoms. The van der Waals surface area contributed by atoms with Crippen molar-refractivity contribution in [3.05, 3.63) is 59.2 Å². The zero-order chi connectivity index (χ0) is 17.6. The van der Waals surface area contributed by atoms with Crippen molar-refractivity contribution >= 4 is 23.2 Å². The third-order valence-electron chi connectivity index (χ3n) is 4.29. The van der Waals surface area contributed by atoms with Crippen LogP contribution in [0.25, 0.3) is 0 Å². The van der Waals surface area contributed by atoms with E-state index in [2.05, 4.69) is 16.7 Å². The smallest absolute Gasteiger partial charge is 0.255 e. The van der Waals surface area contributed by atoms with Crippen LogP contribution in [-0.2, 0) is 22.4 Å². The minimum Gasteiger partial charge on any atom is -0.375 e. The highest BCUT2D eigenvalue weighted by Gasteiger charge is 2.13. The van der Waals surface area contributed by atoms with Gasteiger partial charge < -0.3 is 15.4 Å². The van der Waals surface area contributed by atoms with Gasteiger partial charge in [-0.15, -0.1) is 0 Å². The van der Waals surface area contributed by atoms with Gasteiger partial charge >= 0.3 is 0 Å². The Hall–Kier alpha value is -2.66. The Morgan fingerprint density at radius 2 is 1.68 bits per heavy atom. The van der Waals surface area contributed by atoms with Gasteiger partial charge in [0.1, 0.15) is 6.61 Å². The van der Waals surface area contributed by atoms with Gasteiger partial charge in [-0.3, -0.25) is 9.59 Å². The molecule has 0 unspecified atom stereocenters. The van der Waals surface area contributed by atoms with Gasteiger partial charge in [-0.25, -0.2) is 0 Å². The molecule has 0 radical (unpaired) electrons. The monoisotopic (exact) mass is 338 g/mol. The van der Waals surface area contributed by atoms with E-state index in [4.69, 9.17) is 4.74 Å². The Balaban J connectivity index is 1.69. The standard InChI is InChI=1S/C20H22N2O3/c1-25-13-19(23)21-17-7-4-8-18(12-17)22-20(24)16-10-9-14-5-2-3-6-15(14)11-16/h4,7-12H,2-3,5-6,13H2,1H3,(H,21,23)(H,22,24). The van der Waals surface area contributed by atoms with Crippen LogP contribution >= 0.6 is 0 Å². The van der Waals surface area contributed by atoms with E-state index in [-0.39, 0.29) is 18.4 Å². The van der Waals surface area contributed by atoms with E-state index in [9.17, 15) is 9.59 Å². The highest BCUT2D eigenvalue weighted by atomic mass is 16.5. The Morgan fingerprint density at radius 1 is 0.960 bits per heavy atom. The van der Waals surface area contributed by atoms with Gasteiger partial charge in [0.15, 0.2) is 0 Å². The lowest BCUT2D eigenvalue weighted by atomic mass is 9.90. The lowest BCUT2D eigenvalue weighted by Crippen LogP contribution is -2.17. The number of benzene rings is 2. The predicted molar refractivity (Wildman–Crippen MR) is 98.0 cm³/mol. The molecule has 0 fully saturated rings. The number of carbonyl (C=O) groups is 2. The van der Waals surface area contributed by atoms with Crippen LogP contribution in [0.4, 0.5) is 11.4 Å². The first-order chi connectivity index (χ1) is 12.2. The number of carbonyl (C=O) groups excluding carboxylic acids is 2. The third kappa shape index (κ3) is 4.45. The fourth-order valence-corrected chi connectivity index (χ4v) is 3.08. The molecule has 0 saturated carbocycles. The number of aryl methyl sites for hydroxylation is 2. The van der Waals surface area contributed by atoms with Gasteiger partial charge in [-0.2, -0.15) is 0 Å². The molecule has 1 aliphatic rings. The molecule has 25 heavy (non-hydrogen) atoms. The number of hydrogen-bond donors (Lipinski definition) is 2.